The van der Waals surface area contributed by atoms with Crippen LogP contribution in [0.2, 0.25) is 5.02 Å². The molecule has 1 aliphatic carbocycles. The quantitative estimate of drug-likeness (QED) is 0.915. The van der Waals surface area contributed by atoms with E-state index >= 15 is 0 Å². The lowest BCUT2D eigenvalue weighted by molar-refractivity contribution is 0.460. The zero-order valence-electron chi connectivity index (χ0n) is 9.77. The molecule has 4 heteroatoms. The van der Waals surface area contributed by atoms with E-state index < -0.39 is 10.8 Å². The lowest BCUT2D eigenvalue weighted by atomic mass is 10.0. The van der Waals surface area contributed by atoms with Crippen molar-refractivity contribution in [3.05, 3.63) is 29.3 Å². The number of benzene rings is 1. The van der Waals surface area contributed by atoms with E-state index in [9.17, 15) is 4.21 Å². The molecule has 2 nitrogen and oxygen atoms in total. The Morgan fingerprint density at radius 2 is 2.00 bits per heavy atom. The summed E-state index contributed by atoms with van der Waals surface area (Å²) in [4.78, 5) is 0.711. The van der Waals surface area contributed by atoms with Gasteiger partial charge in [0.1, 0.15) is 0 Å². The summed E-state index contributed by atoms with van der Waals surface area (Å²) in [5, 5.41) is 0.574. The van der Waals surface area contributed by atoms with Gasteiger partial charge in [-0.2, -0.15) is 0 Å². The molecule has 0 aromatic heterocycles. The lowest BCUT2D eigenvalue weighted by Gasteiger charge is -2.18. The van der Waals surface area contributed by atoms with Gasteiger partial charge in [0.25, 0.3) is 0 Å². The van der Waals surface area contributed by atoms with Crippen LogP contribution in [0, 0.1) is 5.92 Å². The second-order valence-corrected chi connectivity index (χ2v) is 6.52. The van der Waals surface area contributed by atoms with Crippen LogP contribution >= 0.6 is 11.6 Å². The maximum Gasteiger partial charge on any atom is 0.0574 e. The molecule has 2 N–H and O–H groups in total. The minimum Gasteiger partial charge on any atom is -0.327 e. The fourth-order valence-corrected chi connectivity index (χ4v) is 4.13. The first-order valence-corrected chi connectivity index (χ1v) is 7.76. The van der Waals surface area contributed by atoms with Crippen molar-refractivity contribution < 1.29 is 4.21 Å². The smallest absolute Gasteiger partial charge is 0.0574 e. The molecule has 17 heavy (non-hydrogen) atoms. The van der Waals surface area contributed by atoms with Gasteiger partial charge < -0.3 is 5.73 Å². The summed E-state index contributed by atoms with van der Waals surface area (Å²) < 4.78 is 12.2. The van der Waals surface area contributed by atoms with Gasteiger partial charge in [-0.05, 0) is 30.9 Å². The van der Waals surface area contributed by atoms with Crippen molar-refractivity contribution in [1.82, 2.24) is 0 Å². The summed E-state index contributed by atoms with van der Waals surface area (Å²) in [6.45, 7) is 0. The summed E-state index contributed by atoms with van der Waals surface area (Å²) >= 11 is 6.03. The molecule has 0 radical (unpaired) electrons. The van der Waals surface area contributed by atoms with Crippen molar-refractivity contribution in [1.29, 1.82) is 0 Å². The summed E-state index contributed by atoms with van der Waals surface area (Å²) in [5.74, 6) is 1.07. The summed E-state index contributed by atoms with van der Waals surface area (Å²) in [6, 6.07) is 7.34. The van der Waals surface area contributed by atoms with Gasteiger partial charge >= 0.3 is 0 Å². The minimum atomic E-state index is -1.08. The second kappa shape index (κ2) is 5.98. The highest BCUT2D eigenvalue weighted by molar-refractivity contribution is 7.85. The molecule has 1 saturated carbocycles. The zero-order valence-corrected chi connectivity index (χ0v) is 11.3. The highest BCUT2D eigenvalue weighted by atomic mass is 35.5. The molecule has 0 saturated heterocycles. The molecule has 94 valence electrons. The molecular formula is C13H18ClNOS. The predicted octanol–water partition coefficient (Wildman–Crippen LogP) is 2.97. The largest absolute Gasteiger partial charge is 0.327 e. The molecule has 0 heterocycles. The molecular weight excluding hydrogens is 254 g/mol. The molecule has 0 amide bonds. The maximum atomic E-state index is 12.2. The van der Waals surface area contributed by atoms with E-state index in [2.05, 4.69) is 0 Å². The number of nitrogens with two attached hydrogens (primary N) is 1. The first kappa shape index (κ1) is 13.1. The molecule has 2 unspecified atom stereocenters. The Balaban J connectivity index is 1.99. The molecule has 1 fully saturated rings. The van der Waals surface area contributed by atoms with E-state index in [1.54, 1.807) is 6.07 Å². The van der Waals surface area contributed by atoms with Crippen LogP contribution < -0.4 is 5.73 Å². The molecule has 0 spiro atoms. The molecule has 0 bridgehead atoms. The Morgan fingerprint density at radius 1 is 1.35 bits per heavy atom. The fourth-order valence-electron chi connectivity index (χ4n) is 2.42. The minimum absolute atomic E-state index is 0.0367. The van der Waals surface area contributed by atoms with Crippen LogP contribution in [-0.4, -0.2) is 16.0 Å². The number of halogens is 1. The van der Waals surface area contributed by atoms with Gasteiger partial charge in [-0.3, -0.25) is 4.21 Å². The molecule has 2 rings (SSSR count). The van der Waals surface area contributed by atoms with E-state index in [0.717, 1.165) is 0 Å². The van der Waals surface area contributed by atoms with Gasteiger partial charge in [0.2, 0.25) is 0 Å². The third kappa shape index (κ3) is 3.30. The second-order valence-electron chi connectivity index (χ2n) is 4.65. The van der Waals surface area contributed by atoms with Crippen LogP contribution in [0.4, 0.5) is 0 Å². The van der Waals surface area contributed by atoms with Gasteiger partial charge in [-0.1, -0.05) is 36.6 Å². The highest BCUT2D eigenvalue weighted by Gasteiger charge is 2.24. The zero-order chi connectivity index (χ0) is 12.3. The van der Waals surface area contributed by atoms with E-state index in [1.165, 1.54) is 25.7 Å². The van der Waals surface area contributed by atoms with Crippen LogP contribution in [0.15, 0.2) is 29.2 Å². The van der Waals surface area contributed by atoms with Crippen molar-refractivity contribution in [2.24, 2.45) is 11.7 Å². The number of hydrogen-bond donors (Lipinski definition) is 1. The van der Waals surface area contributed by atoms with Gasteiger partial charge in [0, 0.05) is 11.8 Å². The summed E-state index contributed by atoms with van der Waals surface area (Å²) in [5.41, 5.74) is 6.13. The van der Waals surface area contributed by atoms with Gasteiger partial charge in [0.05, 0.1) is 20.7 Å². The Kier molecular flexibility index (Phi) is 4.60. The van der Waals surface area contributed by atoms with E-state index in [4.69, 9.17) is 17.3 Å². The van der Waals surface area contributed by atoms with Crippen LogP contribution in [0.1, 0.15) is 25.7 Å². The van der Waals surface area contributed by atoms with Crippen LogP contribution in [0.25, 0.3) is 0 Å². The topological polar surface area (TPSA) is 43.1 Å². The maximum absolute atomic E-state index is 12.2. The van der Waals surface area contributed by atoms with Crippen LogP contribution in [0.3, 0.4) is 0 Å². The molecule has 0 aliphatic heterocycles. The van der Waals surface area contributed by atoms with Crippen molar-refractivity contribution in [3.63, 3.8) is 0 Å². The van der Waals surface area contributed by atoms with Crippen molar-refractivity contribution >= 4 is 22.4 Å². The number of rotatable bonds is 4. The van der Waals surface area contributed by atoms with Crippen LogP contribution in [0.5, 0.6) is 0 Å². The van der Waals surface area contributed by atoms with Crippen molar-refractivity contribution in [2.75, 3.05) is 5.75 Å². The third-order valence-corrected chi connectivity index (χ3v) is 5.41. The monoisotopic (exact) mass is 271 g/mol. The molecule has 2 atom stereocenters. The Morgan fingerprint density at radius 3 is 2.65 bits per heavy atom. The third-order valence-electron chi connectivity index (χ3n) is 3.43. The number of hydrogen-bond acceptors (Lipinski definition) is 2. The summed E-state index contributed by atoms with van der Waals surface area (Å²) in [7, 11) is -1.08. The first-order chi connectivity index (χ1) is 8.18. The highest BCUT2D eigenvalue weighted by Crippen LogP contribution is 2.28. The van der Waals surface area contributed by atoms with E-state index in [1.807, 2.05) is 18.2 Å². The van der Waals surface area contributed by atoms with Crippen molar-refractivity contribution in [2.45, 2.75) is 36.6 Å². The Hall–Kier alpha value is -0.380. The fraction of sp³-hybridized carbons (Fsp3) is 0.538. The average Bonchev–Trinajstić information content (AvgIpc) is 2.82. The summed E-state index contributed by atoms with van der Waals surface area (Å²) in [6.07, 6.45) is 4.88. The van der Waals surface area contributed by atoms with Gasteiger partial charge in [0.15, 0.2) is 0 Å². The van der Waals surface area contributed by atoms with Crippen molar-refractivity contribution in [3.8, 4) is 0 Å². The average molecular weight is 272 g/mol. The van der Waals surface area contributed by atoms with E-state index in [-0.39, 0.29) is 6.04 Å². The molecule has 1 aromatic carbocycles. The molecule has 1 aromatic rings. The molecule has 1 aliphatic rings. The Bertz CT molecular complexity index is 404. The lowest BCUT2D eigenvalue weighted by Crippen LogP contribution is -2.34. The predicted molar refractivity (Wildman–Crippen MR) is 72.7 cm³/mol. The standard InChI is InChI=1S/C13H18ClNOS/c14-11-7-3-4-8-13(11)17(16)9-12(15)10-5-1-2-6-10/h3-4,7-8,10,12H,1-2,5-6,9,15H2. The normalized spacial score (nSPS) is 20.4. The van der Waals surface area contributed by atoms with E-state index in [0.29, 0.717) is 21.6 Å². The van der Waals surface area contributed by atoms with Crippen LogP contribution in [-0.2, 0) is 10.8 Å². The Labute approximate surface area is 110 Å². The SMILES string of the molecule is NC(CS(=O)c1ccccc1Cl)C1CCCC1. The van der Waals surface area contributed by atoms with Gasteiger partial charge in [-0.15, -0.1) is 0 Å². The first-order valence-electron chi connectivity index (χ1n) is 6.07. The van der Waals surface area contributed by atoms with Gasteiger partial charge in [-0.25, -0.2) is 0 Å².